The summed E-state index contributed by atoms with van der Waals surface area (Å²) in [6.45, 7) is 5.97. The molecular weight excluding hydrogens is 604 g/mol. The zero-order chi connectivity index (χ0) is 21.9. The van der Waals surface area contributed by atoms with Crippen LogP contribution in [0.1, 0.15) is 31.9 Å². The Morgan fingerprint density at radius 1 is 0.867 bits per heavy atom. The minimum absolute atomic E-state index is 0.0353. The zero-order valence-electron chi connectivity index (χ0n) is 17.1. The number of hydrogen-bond donors (Lipinski definition) is 0. The van der Waals surface area contributed by atoms with Gasteiger partial charge in [0.05, 0.1) is 13.1 Å². The van der Waals surface area contributed by atoms with Crippen molar-refractivity contribution in [1.29, 1.82) is 0 Å². The summed E-state index contributed by atoms with van der Waals surface area (Å²) >= 11 is 4.49. The number of halogens is 2. The first-order valence-corrected chi connectivity index (χ1v) is 11.7. The first-order chi connectivity index (χ1) is 14.1. The lowest BCUT2D eigenvalue weighted by atomic mass is 9.94. The van der Waals surface area contributed by atoms with Crippen molar-refractivity contribution in [2.75, 3.05) is 13.1 Å². The molecule has 1 amide bonds. The molecule has 1 fully saturated rings. The number of nitrogens with zero attached hydrogens (tertiary/aromatic N) is 1. The number of carbonyl (C=O) groups is 2. The molecule has 3 rings (SSSR count). The summed E-state index contributed by atoms with van der Waals surface area (Å²) in [7, 11) is 0. The minimum Gasteiger partial charge on any atom is -0.444 e. The maximum Gasteiger partial charge on any atom is 0.410 e. The SMILES string of the molecule is CC(C)(C)OC(=O)N1C/C(=C\c2ccc(I)cc2)C(=O)/C(=C/c2ccc(I)cc2)C1. The van der Waals surface area contributed by atoms with Crippen molar-refractivity contribution in [2.45, 2.75) is 26.4 Å². The van der Waals surface area contributed by atoms with E-state index in [1.165, 1.54) is 0 Å². The molecule has 0 spiro atoms. The van der Waals surface area contributed by atoms with Crippen molar-refractivity contribution in [3.63, 3.8) is 0 Å². The van der Waals surface area contributed by atoms with E-state index < -0.39 is 11.7 Å². The van der Waals surface area contributed by atoms with Gasteiger partial charge in [-0.15, -0.1) is 0 Å². The quantitative estimate of drug-likeness (QED) is 0.295. The predicted molar refractivity (Wildman–Crippen MR) is 137 cm³/mol. The van der Waals surface area contributed by atoms with Gasteiger partial charge in [0.25, 0.3) is 0 Å². The van der Waals surface area contributed by atoms with E-state index in [1.807, 2.05) is 81.5 Å². The van der Waals surface area contributed by atoms with E-state index >= 15 is 0 Å². The van der Waals surface area contributed by atoms with Crippen molar-refractivity contribution in [3.05, 3.63) is 77.9 Å². The Morgan fingerprint density at radius 3 is 1.63 bits per heavy atom. The smallest absolute Gasteiger partial charge is 0.410 e. The number of likely N-dealkylation sites (tertiary alicyclic amines) is 1. The first kappa shape index (κ1) is 23.0. The molecule has 0 aliphatic carbocycles. The molecule has 0 unspecified atom stereocenters. The molecule has 30 heavy (non-hydrogen) atoms. The van der Waals surface area contributed by atoms with Crippen LogP contribution in [0.25, 0.3) is 12.2 Å². The van der Waals surface area contributed by atoms with Crippen molar-refractivity contribution < 1.29 is 14.3 Å². The fourth-order valence-corrected chi connectivity index (χ4v) is 3.73. The average Bonchev–Trinajstić information content (AvgIpc) is 2.67. The molecule has 1 aliphatic heterocycles. The molecule has 2 aromatic rings. The Bertz CT molecular complexity index is 933. The predicted octanol–water partition coefficient (Wildman–Crippen LogP) is 6.18. The Kier molecular flexibility index (Phi) is 7.38. The van der Waals surface area contributed by atoms with Crippen LogP contribution >= 0.6 is 45.2 Å². The molecule has 0 aromatic heterocycles. The van der Waals surface area contributed by atoms with Gasteiger partial charge in [-0.1, -0.05) is 24.3 Å². The van der Waals surface area contributed by atoms with Gasteiger partial charge in [0.15, 0.2) is 5.78 Å². The normalized spacial score (nSPS) is 17.5. The molecule has 0 saturated carbocycles. The summed E-state index contributed by atoms with van der Waals surface area (Å²) in [4.78, 5) is 27.5. The molecule has 0 N–H and O–H groups in total. The lowest BCUT2D eigenvalue weighted by Crippen LogP contribution is -2.44. The van der Waals surface area contributed by atoms with Crippen LogP contribution in [0, 0.1) is 7.14 Å². The van der Waals surface area contributed by atoms with Crippen LogP contribution < -0.4 is 0 Å². The molecular formula is C24H23I2NO3. The summed E-state index contributed by atoms with van der Waals surface area (Å²) in [5, 5.41) is 0. The molecule has 6 heteroatoms. The highest BCUT2D eigenvalue weighted by molar-refractivity contribution is 14.1. The van der Waals surface area contributed by atoms with Gasteiger partial charge < -0.3 is 4.74 Å². The van der Waals surface area contributed by atoms with Gasteiger partial charge in [0, 0.05) is 18.3 Å². The minimum atomic E-state index is -0.599. The van der Waals surface area contributed by atoms with Crippen molar-refractivity contribution in [1.82, 2.24) is 4.90 Å². The largest absolute Gasteiger partial charge is 0.444 e. The number of Topliss-reactive ketones (excluding diaryl/α,β-unsaturated/α-hetero) is 1. The van der Waals surface area contributed by atoms with Crippen molar-refractivity contribution >= 4 is 69.2 Å². The highest BCUT2D eigenvalue weighted by Crippen LogP contribution is 2.24. The third kappa shape index (κ3) is 6.41. The third-order valence-electron chi connectivity index (χ3n) is 4.38. The van der Waals surface area contributed by atoms with E-state index in [-0.39, 0.29) is 18.9 Å². The molecule has 2 aromatic carbocycles. The second-order valence-electron chi connectivity index (χ2n) is 8.11. The van der Waals surface area contributed by atoms with Gasteiger partial charge >= 0.3 is 6.09 Å². The van der Waals surface area contributed by atoms with Crippen LogP contribution in [0.5, 0.6) is 0 Å². The highest BCUT2D eigenvalue weighted by atomic mass is 127. The second-order valence-corrected chi connectivity index (χ2v) is 10.6. The Labute approximate surface area is 204 Å². The number of amides is 1. The van der Waals surface area contributed by atoms with Crippen LogP contribution in [0.3, 0.4) is 0 Å². The number of rotatable bonds is 2. The maximum absolute atomic E-state index is 13.2. The van der Waals surface area contributed by atoms with Crippen LogP contribution in [0.15, 0.2) is 59.7 Å². The Hall–Kier alpha value is -1.68. The summed E-state index contributed by atoms with van der Waals surface area (Å²) in [6, 6.07) is 15.9. The number of ether oxygens (including phenoxy) is 1. The lowest BCUT2D eigenvalue weighted by molar-refractivity contribution is -0.113. The first-order valence-electron chi connectivity index (χ1n) is 9.56. The van der Waals surface area contributed by atoms with Crippen LogP contribution in [0.2, 0.25) is 0 Å². The van der Waals surface area contributed by atoms with E-state index in [1.54, 1.807) is 4.90 Å². The van der Waals surface area contributed by atoms with Gasteiger partial charge in [0.1, 0.15) is 5.60 Å². The summed E-state index contributed by atoms with van der Waals surface area (Å²) in [5.74, 6) is -0.0353. The second kappa shape index (κ2) is 9.64. The van der Waals surface area contributed by atoms with Gasteiger partial charge in [-0.3, -0.25) is 9.69 Å². The monoisotopic (exact) mass is 627 g/mol. The molecule has 0 atom stereocenters. The maximum atomic E-state index is 13.2. The number of carbonyl (C=O) groups excluding carboxylic acids is 2. The highest BCUT2D eigenvalue weighted by Gasteiger charge is 2.31. The number of ketones is 1. The molecule has 0 bridgehead atoms. The van der Waals surface area contributed by atoms with Gasteiger partial charge in [-0.05, 0) is 113 Å². The molecule has 4 nitrogen and oxygen atoms in total. The lowest BCUT2D eigenvalue weighted by Gasteiger charge is -2.32. The molecule has 1 heterocycles. The van der Waals surface area contributed by atoms with Gasteiger partial charge in [-0.25, -0.2) is 4.79 Å². The van der Waals surface area contributed by atoms with Gasteiger partial charge in [-0.2, -0.15) is 0 Å². The zero-order valence-corrected chi connectivity index (χ0v) is 21.4. The number of hydrogen-bond acceptors (Lipinski definition) is 3. The van der Waals surface area contributed by atoms with E-state index in [2.05, 4.69) is 45.2 Å². The fourth-order valence-electron chi connectivity index (χ4n) is 3.02. The summed E-state index contributed by atoms with van der Waals surface area (Å²) < 4.78 is 7.81. The summed E-state index contributed by atoms with van der Waals surface area (Å²) in [6.07, 6.45) is 3.30. The number of benzene rings is 2. The molecule has 0 radical (unpaired) electrons. The van der Waals surface area contributed by atoms with E-state index in [0.29, 0.717) is 11.1 Å². The van der Waals surface area contributed by atoms with Crippen LogP contribution in [0.4, 0.5) is 4.79 Å². The molecule has 1 saturated heterocycles. The molecule has 156 valence electrons. The van der Waals surface area contributed by atoms with E-state index in [4.69, 9.17) is 4.74 Å². The summed E-state index contributed by atoms with van der Waals surface area (Å²) in [5.41, 5.74) is 2.41. The molecule has 1 aliphatic rings. The average molecular weight is 627 g/mol. The Morgan fingerprint density at radius 2 is 1.27 bits per heavy atom. The fraction of sp³-hybridized carbons (Fsp3) is 0.250. The van der Waals surface area contributed by atoms with Crippen molar-refractivity contribution in [3.8, 4) is 0 Å². The standard InChI is InChI=1S/C24H23I2NO3/c1-24(2,3)30-23(29)27-14-18(12-16-4-8-20(25)9-5-16)22(28)19(15-27)13-17-6-10-21(26)11-7-17/h4-13H,14-15H2,1-3H3/b18-12+,19-13+. The van der Waals surface area contributed by atoms with Crippen molar-refractivity contribution in [2.24, 2.45) is 0 Å². The van der Waals surface area contributed by atoms with E-state index in [9.17, 15) is 9.59 Å². The van der Waals surface area contributed by atoms with Crippen LogP contribution in [-0.4, -0.2) is 35.5 Å². The third-order valence-corrected chi connectivity index (χ3v) is 5.82. The van der Waals surface area contributed by atoms with E-state index in [0.717, 1.165) is 18.3 Å². The Balaban J connectivity index is 1.97. The van der Waals surface area contributed by atoms with Crippen LogP contribution in [-0.2, 0) is 9.53 Å². The van der Waals surface area contributed by atoms with Gasteiger partial charge in [0.2, 0.25) is 0 Å². The topological polar surface area (TPSA) is 46.6 Å². The number of piperidine rings is 1.